The second kappa shape index (κ2) is 9.83. The van der Waals surface area contributed by atoms with Gasteiger partial charge in [-0.3, -0.25) is 14.5 Å². The summed E-state index contributed by atoms with van der Waals surface area (Å²) in [5.74, 6) is 0.476. The van der Waals surface area contributed by atoms with Crippen molar-refractivity contribution in [2.75, 3.05) is 26.1 Å². The number of imide groups is 1. The number of hydrogen-bond donors (Lipinski definition) is 1. The van der Waals surface area contributed by atoms with Gasteiger partial charge in [-0.05, 0) is 54.7 Å². The lowest BCUT2D eigenvalue weighted by molar-refractivity contribution is -0.136. The molecule has 0 atom stereocenters. The first-order valence-electron chi connectivity index (χ1n) is 11.1. The zero-order valence-corrected chi connectivity index (χ0v) is 19.8. The van der Waals surface area contributed by atoms with Gasteiger partial charge in [0, 0.05) is 12.6 Å². The summed E-state index contributed by atoms with van der Waals surface area (Å²) in [5.41, 5.74) is 5.12. The lowest BCUT2D eigenvalue weighted by Crippen LogP contribution is -2.34. The molecule has 34 heavy (non-hydrogen) atoms. The van der Waals surface area contributed by atoms with Crippen molar-refractivity contribution < 1.29 is 19.1 Å². The molecule has 6 heteroatoms. The zero-order valence-electron chi connectivity index (χ0n) is 19.8. The smallest absolute Gasteiger partial charge is 0.278 e. The number of benzene rings is 3. The number of nitrogens with zero attached hydrogens (tertiary/aromatic N) is 1. The number of carbonyl (C=O) groups is 2. The molecular formula is C28H28N2O4. The van der Waals surface area contributed by atoms with Gasteiger partial charge < -0.3 is 14.8 Å². The van der Waals surface area contributed by atoms with Gasteiger partial charge >= 0.3 is 0 Å². The number of amides is 2. The van der Waals surface area contributed by atoms with Crippen molar-refractivity contribution >= 4 is 23.1 Å². The number of hydrogen-bond acceptors (Lipinski definition) is 5. The van der Waals surface area contributed by atoms with Gasteiger partial charge in [0.15, 0.2) is 0 Å². The topological polar surface area (TPSA) is 67.9 Å². The van der Waals surface area contributed by atoms with Crippen LogP contribution in [0.15, 0.2) is 72.4 Å². The van der Waals surface area contributed by atoms with Gasteiger partial charge in [0.1, 0.15) is 17.2 Å². The highest BCUT2D eigenvalue weighted by Gasteiger charge is 2.39. The maximum absolute atomic E-state index is 13.5. The van der Waals surface area contributed by atoms with Crippen molar-refractivity contribution in [3.63, 3.8) is 0 Å². The van der Waals surface area contributed by atoms with Gasteiger partial charge in [-0.1, -0.05) is 48.5 Å². The molecular weight excluding hydrogens is 428 g/mol. The predicted molar refractivity (Wildman–Crippen MR) is 133 cm³/mol. The Hall–Kier alpha value is -4.06. The third kappa shape index (κ3) is 4.53. The molecule has 1 heterocycles. The van der Waals surface area contributed by atoms with Crippen molar-refractivity contribution in [3.8, 4) is 11.5 Å². The Labute approximate surface area is 199 Å². The van der Waals surface area contributed by atoms with Crippen molar-refractivity contribution in [2.24, 2.45) is 0 Å². The molecule has 0 aliphatic carbocycles. The molecule has 0 aromatic heterocycles. The standard InChI is InChI=1S/C28H28N2O4/c1-18-10-11-21(16-19(18)2)25-26(29-23-13-12-22(33-3)17-24(23)34-4)28(32)30(27(25)31)15-14-20-8-6-5-7-9-20/h5-13,16-17,29H,14-15H2,1-4H3. The lowest BCUT2D eigenvalue weighted by atomic mass is 9.99. The number of ether oxygens (including phenoxy) is 2. The molecule has 3 aromatic carbocycles. The van der Waals surface area contributed by atoms with Crippen LogP contribution in [0.2, 0.25) is 0 Å². The van der Waals surface area contributed by atoms with Crippen LogP contribution in [-0.2, 0) is 16.0 Å². The maximum Gasteiger partial charge on any atom is 0.278 e. The van der Waals surface area contributed by atoms with E-state index >= 15 is 0 Å². The normalized spacial score (nSPS) is 13.5. The molecule has 0 saturated heterocycles. The minimum Gasteiger partial charge on any atom is -0.497 e. The van der Waals surface area contributed by atoms with Gasteiger partial charge in [0.2, 0.25) is 0 Å². The van der Waals surface area contributed by atoms with E-state index in [1.165, 1.54) is 4.90 Å². The Morgan fingerprint density at radius 1 is 0.824 bits per heavy atom. The van der Waals surface area contributed by atoms with Crippen molar-refractivity contribution in [1.29, 1.82) is 0 Å². The molecule has 0 bridgehead atoms. The van der Waals surface area contributed by atoms with Crippen LogP contribution in [-0.4, -0.2) is 37.5 Å². The van der Waals surface area contributed by atoms with E-state index in [-0.39, 0.29) is 17.5 Å². The summed E-state index contributed by atoms with van der Waals surface area (Å²) in [5, 5.41) is 3.19. The summed E-state index contributed by atoms with van der Waals surface area (Å²) >= 11 is 0. The minimum atomic E-state index is -0.355. The van der Waals surface area contributed by atoms with Crippen LogP contribution in [0, 0.1) is 13.8 Å². The van der Waals surface area contributed by atoms with Crippen LogP contribution in [0.5, 0.6) is 11.5 Å². The van der Waals surface area contributed by atoms with E-state index in [1.54, 1.807) is 32.4 Å². The summed E-state index contributed by atoms with van der Waals surface area (Å²) < 4.78 is 10.8. The summed E-state index contributed by atoms with van der Waals surface area (Å²) in [7, 11) is 3.12. The van der Waals surface area contributed by atoms with Crippen LogP contribution in [0.25, 0.3) is 5.57 Å². The molecule has 3 aromatic rings. The van der Waals surface area contributed by atoms with E-state index < -0.39 is 0 Å². The Bertz CT molecular complexity index is 1260. The third-order valence-corrected chi connectivity index (χ3v) is 6.10. The minimum absolute atomic E-state index is 0.241. The Morgan fingerprint density at radius 3 is 2.26 bits per heavy atom. The molecule has 0 radical (unpaired) electrons. The highest BCUT2D eigenvalue weighted by Crippen LogP contribution is 2.35. The van der Waals surface area contributed by atoms with E-state index in [0.29, 0.717) is 41.3 Å². The average Bonchev–Trinajstić information content (AvgIpc) is 3.09. The Morgan fingerprint density at radius 2 is 1.59 bits per heavy atom. The number of nitrogens with one attached hydrogen (secondary N) is 1. The van der Waals surface area contributed by atoms with Gasteiger partial charge in [-0.25, -0.2) is 0 Å². The number of rotatable bonds is 8. The van der Waals surface area contributed by atoms with Crippen LogP contribution in [0.1, 0.15) is 22.3 Å². The second-order valence-corrected chi connectivity index (χ2v) is 8.24. The van der Waals surface area contributed by atoms with Crippen LogP contribution >= 0.6 is 0 Å². The first-order chi connectivity index (χ1) is 16.4. The molecule has 1 aliphatic heterocycles. The highest BCUT2D eigenvalue weighted by atomic mass is 16.5. The molecule has 174 valence electrons. The molecule has 4 rings (SSSR count). The predicted octanol–water partition coefficient (Wildman–Crippen LogP) is 4.76. The molecule has 6 nitrogen and oxygen atoms in total. The summed E-state index contributed by atoms with van der Waals surface area (Å²) in [6.07, 6.45) is 0.581. The van der Waals surface area contributed by atoms with Crippen molar-refractivity contribution in [2.45, 2.75) is 20.3 Å². The molecule has 0 fully saturated rings. The van der Waals surface area contributed by atoms with E-state index in [2.05, 4.69) is 5.32 Å². The number of anilines is 1. The molecule has 0 unspecified atom stereocenters. The monoisotopic (exact) mass is 456 g/mol. The quantitative estimate of drug-likeness (QED) is 0.495. The van der Waals surface area contributed by atoms with Crippen molar-refractivity contribution in [3.05, 3.63) is 94.7 Å². The Balaban J connectivity index is 1.73. The Kier molecular flexibility index (Phi) is 6.68. The number of methoxy groups -OCH3 is 2. The number of carbonyl (C=O) groups excluding carboxylic acids is 2. The summed E-state index contributed by atoms with van der Waals surface area (Å²) in [6.45, 7) is 4.30. The molecule has 0 saturated carbocycles. The molecule has 1 N–H and O–H groups in total. The van der Waals surface area contributed by atoms with E-state index in [1.807, 2.05) is 62.4 Å². The van der Waals surface area contributed by atoms with Gasteiger partial charge in [-0.2, -0.15) is 0 Å². The highest BCUT2D eigenvalue weighted by molar-refractivity contribution is 6.36. The van der Waals surface area contributed by atoms with Crippen LogP contribution in [0.4, 0.5) is 5.69 Å². The van der Waals surface area contributed by atoms with Crippen LogP contribution < -0.4 is 14.8 Å². The molecule has 1 aliphatic rings. The van der Waals surface area contributed by atoms with Gasteiger partial charge in [0.05, 0.1) is 25.5 Å². The van der Waals surface area contributed by atoms with Gasteiger partial charge in [0.25, 0.3) is 11.8 Å². The summed E-state index contributed by atoms with van der Waals surface area (Å²) in [4.78, 5) is 28.4. The largest absolute Gasteiger partial charge is 0.497 e. The third-order valence-electron chi connectivity index (χ3n) is 6.10. The fourth-order valence-electron chi connectivity index (χ4n) is 3.98. The fourth-order valence-corrected chi connectivity index (χ4v) is 3.98. The second-order valence-electron chi connectivity index (χ2n) is 8.24. The number of aryl methyl sites for hydroxylation is 2. The van der Waals surface area contributed by atoms with E-state index in [0.717, 1.165) is 16.7 Å². The summed E-state index contributed by atoms with van der Waals surface area (Å²) in [6, 6.07) is 20.9. The average molecular weight is 457 g/mol. The zero-order chi connectivity index (χ0) is 24.2. The van der Waals surface area contributed by atoms with Crippen LogP contribution in [0.3, 0.4) is 0 Å². The molecule has 0 spiro atoms. The lowest BCUT2D eigenvalue weighted by Gasteiger charge is -2.16. The first-order valence-corrected chi connectivity index (χ1v) is 11.1. The SMILES string of the molecule is COc1ccc(NC2=C(c3ccc(C)c(C)c3)C(=O)N(CCc3ccccc3)C2=O)c(OC)c1. The maximum atomic E-state index is 13.5. The van der Waals surface area contributed by atoms with Gasteiger partial charge in [-0.15, -0.1) is 0 Å². The van der Waals surface area contributed by atoms with E-state index in [9.17, 15) is 9.59 Å². The fraction of sp³-hybridized carbons (Fsp3) is 0.214. The van der Waals surface area contributed by atoms with Crippen molar-refractivity contribution in [1.82, 2.24) is 4.90 Å². The molecule has 2 amide bonds. The first kappa shape index (κ1) is 23.1. The van der Waals surface area contributed by atoms with E-state index in [4.69, 9.17) is 9.47 Å².